The van der Waals surface area contributed by atoms with Gasteiger partial charge in [0.1, 0.15) is 0 Å². The lowest BCUT2D eigenvalue weighted by Gasteiger charge is -2.20. The second-order valence-electron chi connectivity index (χ2n) is 7.51. The third kappa shape index (κ3) is 4.77. The molecule has 2 heterocycles. The van der Waals surface area contributed by atoms with Crippen molar-refractivity contribution in [2.45, 2.75) is 52.9 Å². The van der Waals surface area contributed by atoms with E-state index in [2.05, 4.69) is 21.6 Å². The number of hydrogen-bond acceptors (Lipinski definition) is 4. The van der Waals surface area contributed by atoms with Crippen molar-refractivity contribution >= 4 is 11.8 Å². The van der Waals surface area contributed by atoms with Crippen LogP contribution in [-0.2, 0) is 4.79 Å². The van der Waals surface area contributed by atoms with Gasteiger partial charge in [-0.3, -0.25) is 9.59 Å². The standard InChI is InChI=1S/C21H29N5O2/c1-15-9-10-18(16(2)14-15)26-23-17(3)20(24-26)21(28)22-11-7-13-25-12-6-4-5-8-19(25)27/h9-10,14H,4-8,11-13H2,1-3H3,(H,22,28). The summed E-state index contributed by atoms with van der Waals surface area (Å²) >= 11 is 0. The van der Waals surface area contributed by atoms with E-state index in [1.807, 2.05) is 30.9 Å². The van der Waals surface area contributed by atoms with Crippen molar-refractivity contribution in [2.24, 2.45) is 0 Å². The van der Waals surface area contributed by atoms with Crippen LogP contribution >= 0.6 is 0 Å². The van der Waals surface area contributed by atoms with E-state index in [4.69, 9.17) is 0 Å². The van der Waals surface area contributed by atoms with Gasteiger partial charge in [-0.2, -0.15) is 9.90 Å². The van der Waals surface area contributed by atoms with Gasteiger partial charge in [0.2, 0.25) is 5.91 Å². The summed E-state index contributed by atoms with van der Waals surface area (Å²) in [7, 11) is 0. The van der Waals surface area contributed by atoms with Crippen LogP contribution in [0.2, 0.25) is 0 Å². The molecule has 1 N–H and O–H groups in total. The molecule has 28 heavy (non-hydrogen) atoms. The Morgan fingerprint density at radius 2 is 1.96 bits per heavy atom. The predicted octanol–water partition coefficient (Wildman–Crippen LogP) is 2.72. The van der Waals surface area contributed by atoms with Crippen LogP contribution in [0.5, 0.6) is 0 Å². The molecule has 3 rings (SSSR count). The van der Waals surface area contributed by atoms with E-state index in [1.54, 1.807) is 6.92 Å². The van der Waals surface area contributed by atoms with Gasteiger partial charge in [0, 0.05) is 26.1 Å². The quantitative estimate of drug-likeness (QED) is 0.778. The van der Waals surface area contributed by atoms with Crippen LogP contribution in [0.15, 0.2) is 18.2 Å². The first-order valence-electron chi connectivity index (χ1n) is 10.0. The second kappa shape index (κ2) is 8.99. The van der Waals surface area contributed by atoms with Crippen molar-refractivity contribution in [2.75, 3.05) is 19.6 Å². The highest BCUT2D eigenvalue weighted by Crippen LogP contribution is 2.15. The van der Waals surface area contributed by atoms with Gasteiger partial charge in [-0.1, -0.05) is 24.1 Å². The van der Waals surface area contributed by atoms with Crippen molar-refractivity contribution in [1.82, 2.24) is 25.2 Å². The van der Waals surface area contributed by atoms with Gasteiger partial charge in [0.25, 0.3) is 5.91 Å². The molecule has 1 aliphatic rings. The van der Waals surface area contributed by atoms with Crippen LogP contribution in [0.3, 0.4) is 0 Å². The Morgan fingerprint density at radius 3 is 2.75 bits per heavy atom. The number of aromatic nitrogens is 3. The largest absolute Gasteiger partial charge is 0.351 e. The molecule has 2 amide bonds. The number of nitrogens with one attached hydrogen (secondary N) is 1. The zero-order valence-electron chi connectivity index (χ0n) is 17.0. The van der Waals surface area contributed by atoms with Crippen molar-refractivity contribution in [3.8, 4) is 5.69 Å². The third-order valence-corrected chi connectivity index (χ3v) is 5.13. The monoisotopic (exact) mass is 383 g/mol. The summed E-state index contributed by atoms with van der Waals surface area (Å²) in [5.41, 5.74) is 4.04. The SMILES string of the molecule is Cc1ccc(-n2nc(C)c(C(=O)NCCCN3CCCCCC3=O)n2)c(C)c1. The van der Waals surface area contributed by atoms with Crippen LogP contribution in [-0.4, -0.2) is 51.3 Å². The topological polar surface area (TPSA) is 80.1 Å². The molecule has 1 saturated heterocycles. The summed E-state index contributed by atoms with van der Waals surface area (Å²) in [6, 6.07) is 6.03. The molecule has 0 spiro atoms. The van der Waals surface area contributed by atoms with Gasteiger partial charge in [0.15, 0.2) is 5.69 Å². The summed E-state index contributed by atoms with van der Waals surface area (Å²) in [5, 5.41) is 11.7. The number of amides is 2. The number of carbonyl (C=O) groups excluding carboxylic acids is 2. The highest BCUT2D eigenvalue weighted by molar-refractivity contribution is 5.93. The van der Waals surface area contributed by atoms with Crippen LogP contribution in [0, 0.1) is 20.8 Å². The number of carbonyl (C=O) groups is 2. The molecule has 0 bridgehead atoms. The highest BCUT2D eigenvalue weighted by atomic mass is 16.2. The van der Waals surface area contributed by atoms with Gasteiger partial charge in [-0.05, 0) is 51.7 Å². The number of hydrogen-bond donors (Lipinski definition) is 1. The number of benzene rings is 1. The van der Waals surface area contributed by atoms with Crippen molar-refractivity contribution in [3.63, 3.8) is 0 Å². The molecule has 1 fully saturated rings. The zero-order valence-corrected chi connectivity index (χ0v) is 17.0. The molecule has 0 radical (unpaired) electrons. The Balaban J connectivity index is 1.56. The predicted molar refractivity (Wildman–Crippen MR) is 108 cm³/mol. The van der Waals surface area contributed by atoms with Crippen LogP contribution in [0.4, 0.5) is 0 Å². The lowest BCUT2D eigenvalue weighted by Crippen LogP contribution is -2.34. The molecule has 0 aliphatic carbocycles. The highest BCUT2D eigenvalue weighted by Gasteiger charge is 2.18. The number of rotatable bonds is 6. The van der Waals surface area contributed by atoms with Gasteiger partial charge in [-0.15, -0.1) is 5.10 Å². The average Bonchev–Trinajstić information content (AvgIpc) is 2.91. The van der Waals surface area contributed by atoms with Crippen molar-refractivity contribution in [1.29, 1.82) is 0 Å². The summed E-state index contributed by atoms with van der Waals surface area (Å²) in [6.07, 6.45) is 4.56. The maximum atomic E-state index is 12.5. The summed E-state index contributed by atoms with van der Waals surface area (Å²) in [6.45, 7) is 7.86. The third-order valence-electron chi connectivity index (χ3n) is 5.13. The normalized spacial score (nSPS) is 14.8. The van der Waals surface area contributed by atoms with Crippen LogP contribution < -0.4 is 5.32 Å². The molecule has 7 heteroatoms. The molecular formula is C21H29N5O2. The fourth-order valence-corrected chi connectivity index (χ4v) is 3.56. The lowest BCUT2D eigenvalue weighted by molar-refractivity contribution is -0.130. The van der Waals surface area contributed by atoms with Crippen LogP contribution in [0.25, 0.3) is 5.69 Å². The van der Waals surface area contributed by atoms with Gasteiger partial charge in [0.05, 0.1) is 11.4 Å². The number of nitrogens with zero attached hydrogens (tertiary/aromatic N) is 4. The van der Waals surface area contributed by atoms with Crippen molar-refractivity contribution < 1.29 is 9.59 Å². The molecule has 150 valence electrons. The number of likely N-dealkylation sites (tertiary alicyclic amines) is 1. The van der Waals surface area contributed by atoms with E-state index in [1.165, 1.54) is 10.4 Å². The Bertz CT molecular complexity index is 858. The Labute approximate surface area is 166 Å². The van der Waals surface area contributed by atoms with Gasteiger partial charge >= 0.3 is 0 Å². The Kier molecular flexibility index (Phi) is 6.44. The minimum absolute atomic E-state index is 0.226. The summed E-state index contributed by atoms with van der Waals surface area (Å²) in [5.74, 6) is 0.00629. The average molecular weight is 383 g/mol. The minimum atomic E-state index is -0.226. The molecule has 0 unspecified atom stereocenters. The first-order valence-corrected chi connectivity index (χ1v) is 10.0. The smallest absolute Gasteiger partial charge is 0.273 e. The van der Waals surface area contributed by atoms with E-state index in [0.29, 0.717) is 30.9 Å². The fourth-order valence-electron chi connectivity index (χ4n) is 3.56. The fraction of sp³-hybridized carbons (Fsp3) is 0.524. The number of aryl methyl sites for hydroxylation is 3. The summed E-state index contributed by atoms with van der Waals surface area (Å²) in [4.78, 5) is 28.0. The van der Waals surface area contributed by atoms with Crippen LogP contribution in [0.1, 0.15) is 59.4 Å². The molecule has 0 atom stereocenters. The van der Waals surface area contributed by atoms with E-state index in [0.717, 1.165) is 43.5 Å². The molecule has 1 aromatic heterocycles. The van der Waals surface area contributed by atoms with E-state index >= 15 is 0 Å². The lowest BCUT2D eigenvalue weighted by atomic mass is 10.1. The molecule has 1 aliphatic heterocycles. The van der Waals surface area contributed by atoms with Crippen molar-refractivity contribution in [3.05, 3.63) is 40.7 Å². The van der Waals surface area contributed by atoms with Gasteiger partial charge in [-0.25, -0.2) is 0 Å². The minimum Gasteiger partial charge on any atom is -0.351 e. The molecule has 2 aromatic rings. The molecule has 1 aromatic carbocycles. The maximum absolute atomic E-state index is 12.5. The molecular weight excluding hydrogens is 354 g/mol. The Hall–Kier alpha value is -2.70. The van der Waals surface area contributed by atoms with E-state index in [9.17, 15) is 9.59 Å². The maximum Gasteiger partial charge on any atom is 0.273 e. The first-order chi connectivity index (χ1) is 13.5. The van der Waals surface area contributed by atoms with E-state index in [-0.39, 0.29) is 11.8 Å². The molecule has 7 nitrogen and oxygen atoms in total. The Morgan fingerprint density at radius 1 is 1.14 bits per heavy atom. The summed E-state index contributed by atoms with van der Waals surface area (Å²) < 4.78 is 0. The van der Waals surface area contributed by atoms with E-state index < -0.39 is 0 Å². The second-order valence-corrected chi connectivity index (χ2v) is 7.51. The molecule has 0 saturated carbocycles. The first kappa shape index (κ1) is 20.0. The van der Waals surface area contributed by atoms with Gasteiger partial charge < -0.3 is 10.2 Å². The zero-order chi connectivity index (χ0) is 20.1.